The van der Waals surface area contributed by atoms with E-state index in [1.54, 1.807) is 6.20 Å². The summed E-state index contributed by atoms with van der Waals surface area (Å²) in [6.07, 6.45) is 1.72. The first-order valence-electron chi connectivity index (χ1n) is 14.2. The normalized spacial score (nSPS) is 16.3. The van der Waals surface area contributed by atoms with Gasteiger partial charge in [0, 0.05) is 56.6 Å². The average Bonchev–Trinajstić information content (AvgIpc) is 3.69. The highest BCUT2D eigenvalue weighted by Gasteiger charge is 2.34. The summed E-state index contributed by atoms with van der Waals surface area (Å²) in [5.41, 5.74) is 4.76. The van der Waals surface area contributed by atoms with Crippen LogP contribution in [0.15, 0.2) is 42.9 Å². The molecule has 0 bridgehead atoms. The monoisotopic (exact) mass is 581 g/mol. The largest absolute Gasteiger partial charge is 0.397 e. The number of amides is 1. The van der Waals surface area contributed by atoms with Gasteiger partial charge in [-0.25, -0.2) is 19.3 Å². The van der Waals surface area contributed by atoms with E-state index in [1.807, 2.05) is 30.3 Å². The Bertz CT molecular complexity index is 1580. The summed E-state index contributed by atoms with van der Waals surface area (Å²) >= 11 is 0. The van der Waals surface area contributed by atoms with Gasteiger partial charge in [0.25, 0.3) is 0 Å². The van der Waals surface area contributed by atoms with Crippen LogP contribution in [-0.2, 0) is 24.2 Å². The second-order valence-corrected chi connectivity index (χ2v) is 11.2. The van der Waals surface area contributed by atoms with E-state index in [4.69, 9.17) is 0 Å². The van der Waals surface area contributed by atoms with Crippen LogP contribution in [-0.4, -0.2) is 73.0 Å². The molecule has 4 heterocycles. The number of alkyl halides is 3. The van der Waals surface area contributed by atoms with E-state index in [-0.39, 0.29) is 24.6 Å². The molecule has 1 saturated carbocycles. The fraction of sp³-hybridized carbons (Fsp3) is 0.433. The maximum atomic E-state index is 15.2. The predicted octanol–water partition coefficient (Wildman–Crippen LogP) is 5.08. The molecule has 12 heteroatoms. The number of nitrogens with zero attached hydrogens (tertiary/aromatic N) is 6. The average molecular weight is 582 g/mol. The van der Waals surface area contributed by atoms with Gasteiger partial charge in [-0.15, -0.1) is 0 Å². The number of nitrogens with one attached hydrogen (secondary N) is 1. The van der Waals surface area contributed by atoms with Crippen molar-refractivity contribution < 1.29 is 22.4 Å². The quantitative estimate of drug-likeness (QED) is 0.277. The molecule has 1 aliphatic carbocycles. The Hall–Kier alpha value is -3.93. The SMILES string of the molecule is O=C(CC(F)(F)F)N1CCN(Cc2ccnc(Cc3nc4ccc(-c5ncnc(CCC6CC6)c5F)cc4[nH]3)c2)CC1. The summed E-state index contributed by atoms with van der Waals surface area (Å²) in [5, 5.41) is 0. The van der Waals surface area contributed by atoms with Gasteiger partial charge in [-0.2, -0.15) is 13.2 Å². The number of carbonyl (C=O) groups excluding carboxylic acids is 1. The van der Waals surface area contributed by atoms with Crippen LogP contribution in [0.5, 0.6) is 0 Å². The highest BCUT2D eigenvalue weighted by molar-refractivity contribution is 5.81. The molecule has 0 radical (unpaired) electrons. The van der Waals surface area contributed by atoms with Gasteiger partial charge in [0.15, 0.2) is 5.82 Å². The second-order valence-electron chi connectivity index (χ2n) is 11.2. The van der Waals surface area contributed by atoms with Crippen molar-refractivity contribution in [1.82, 2.24) is 34.7 Å². The van der Waals surface area contributed by atoms with E-state index >= 15 is 4.39 Å². The first-order chi connectivity index (χ1) is 20.2. The highest BCUT2D eigenvalue weighted by atomic mass is 19.4. The molecule has 42 heavy (non-hydrogen) atoms. The van der Waals surface area contributed by atoms with Gasteiger partial charge in [-0.1, -0.05) is 18.9 Å². The van der Waals surface area contributed by atoms with Crippen molar-refractivity contribution in [3.05, 3.63) is 71.4 Å². The van der Waals surface area contributed by atoms with Crippen molar-refractivity contribution in [3.63, 3.8) is 0 Å². The number of aromatic amines is 1. The van der Waals surface area contributed by atoms with E-state index in [0.717, 1.165) is 34.5 Å². The molecule has 6 rings (SSSR count). The first-order valence-corrected chi connectivity index (χ1v) is 14.2. The molecule has 3 aromatic heterocycles. The number of hydrogen-bond donors (Lipinski definition) is 1. The molecule has 1 N–H and O–H groups in total. The van der Waals surface area contributed by atoms with Gasteiger partial charge in [-0.05, 0) is 48.6 Å². The molecule has 0 spiro atoms. The Morgan fingerprint density at radius 1 is 1.02 bits per heavy atom. The van der Waals surface area contributed by atoms with Crippen molar-refractivity contribution in [3.8, 4) is 11.3 Å². The first kappa shape index (κ1) is 28.2. The standard InChI is InChI=1S/C30H31F4N7O/c31-28-24(5-3-19-1-2-19)36-18-37-29(28)21-4-6-23-25(14-21)39-26(38-23)15-22-13-20(7-8-35-22)17-40-9-11-41(12-10-40)27(42)16-30(32,33)34/h4,6-8,13-14,18-19H,1-3,5,9-12,15-17H2,(H,38,39). The minimum absolute atomic E-state index is 0.272. The molecular formula is C30H31F4N7O. The summed E-state index contributed by atoms with van der Waals surface area (Å²) in [7, 11) is 0. The second kappa shape index (κ2) is 11.7. The zero-order chi connectivity index (χ0) is 29.3. The number of aryl methyl sites for hydroxylation is 1. The summed E-state index contributed by atoms with van der Waals surface area (Å²) < 4.78 is 52.9. The van der Waals surface area contributed by atoms with E-state index in [0.29, 0.717) is 49.7 Å². The minimum Gasteiger partial charge on any atom is -0.342 e. The predicted molar refractivity (Wildman–Crippen MR) is 148 cm³/mol. The third-order valence-corrected chi connectivity index (χ3v) is 7.86. The van der Waals surface area contributed by atoms with Gasteiger partial charge in [-0.3, -0.25) is 14.7 Å². The zero-order valence-electron chi connectivity index (χ0n) is 23.0. The van der Waals surface area contributed by atoms with E-state index in [9.17, 15) is 18.0 Å². The lowest BCUT2D eigenvalue weighted by Gasteiger charge is -2.35. The molecule has 1 aromatic carbocycles. The molecule has 4 aromatic rings. The number of aromatic nitrogens is 5. The molecule has 1 aliphatic heterocycles. The van der Waals surface area contributed by atoms with Crippen LogP contribution in [0.3, 0.4) is 0 Å². The van der Waals surface area contributed by atoms with Crippen LogP contribution in [0.1, 0.15) is 48.5 Å². The van der Waals surface area contributed by atoms with E-state index in [2.05, 4.69) is 29.8 Å². The number of fused-ring (bicyclic) bond motifs is 1. The summed E-state index contributed by atoms with van der Waals surface area (Å²) in [4.78, 5) is 36.2. The van der Waals surface area contributed by atoms with Crippen LogP contribution < -0.4 is 0 Å². The third-order valence-electron chi connectivity index (χ3n) is 7.86. The fourth-order valence-corrected chi connectivity index (χ4v) is 5.41. The Morgan fingerprint density at radius 2 is 1.83 bits per heavy atom. The fourth-order valence-electron chi connectivity index (χ4n) is 5.41. The Morgan fingerprint density at radius 3 is 2.60 bits per heavy atom. The molecular weight excluding hydrogens is 550 g/mol. The highest BCUT2D eigenvalue weighted by Crippen LogP contribution is 2.34. The van der Waals surface area contributed by atoms with Gasteiger partial charge in [0.1, 0.15) is 24.3 Å². The number of hydrogen-bond acceptors (Lipinski definition) is 6. The molecule has 0 unspecified atom stereocenters. The third kappa shape index (κ3) is 6.92. The molecule has 1 amide bonds. The number of imidazole rings is 1. The van der Waals surface area contributed by atoms with Crippen molar-refractivity contribution in [1.29, 1.82) is 0 Å². The zero-order valence-corrected chi connectivity index (χ0v) is 23.0. The molecule has 2 aliphatic rings. The summed E-state index contributed by atoms with van der Waals surface area (Å²) in [5.74, 6) is 0.173. The lowest BCUT2D eigenvalue weighted by Crippen LogP contribution is -2.49. The maximum Gasteiger partial charge on any atom is 0.397 e. The van der Waals surface area contributed by atoms with Gasteiger partial charge < -0.3 is 9.88 Å². The van der Waals surface area contributed by atoms with Crippen molar-refractivity contribution in [2.75, 3.05) is 26.2 Å². The lowest BCUT2D eigenvalue weighted by molar-refractivity contribution is -0.162. The van der Waals surface area contributed by atoms with Crippen LogP contribution in [0.4, 0.5) is 17.6 Å². The van der Waals surface area contributed by atoms with Crippen LogP contribution >= 0.6 is 0 Å². The number of H-pyrrole nitrogens is 1. The number of halogens is 4. The van der Waals surface area contributed by atoms with E-state index in [1.165, 1.54) is 24.1 Å². The molecule has 1 saturated heterocycles. The molecule has 8 nitrogen and oxygen atoms in total. The van der Waals surface area contributed by atoms with Gasteiger partial charge in [0.2, 0.25) is 5.91 Å². The Kier molecular flexibility index (Phi) is 7.89. The van der Waals surface area contributed by atoms with Crippen molar-refractivity contribution in [2.45, 2.75) is 51.2 Å². The van der Waals surface area contributed by atoms with E-state index < -0.39 is 18.5 Å². The van der Waals surface area contributed by atoms with Crippen LogP contribution in [0.2, 0.25) is 0 Å². The Labute approximate surface area is 240 Å². The summed E-state index contributed by atoms with van der Waals surface area (Å²) in [6, 6.07) is 9.41. The Balaban J connectivity index is 1.09. The summed E-state index contributed by atoms with van der Waals surface area (Å²) in [6.45, 7) is 2.15. The maximum absolute atomic E-state index is 15.2. The molecule has 0 atom stereocenters. The number of rotatable bonds is 9. The van der Waals surface area contributed by atoms with Gasteiger partial charge >= 0.3 is 6.18 Å². The molecule has 2 fully saturated rings. The number of benzene rings is 1. The topological polar surface area (TPSA) is 90.9 Å². The number of carbonyl (C=O) groups is 1. The lowest BCUT2D eigenvalue weighted by atomic mass is 10.1. The van der Waals surface area contributed by atoms with Crippen molar-refractivity contribution >= 4 is 16.9 Å². The van der Waals surface area contributed by atoms with Crippen LogP contribution in [0.25, 0.3) is 22.3 Å². The van der Waals surface area contributed by atoms with Crippen molar-refractivity contribution in [2.24, 2.45) is 5.92 Å². The van der Waals surface area contributed by atoms with Gasteiger partial charge in [0.05, 0.1) is 16.7 Å². The minimum atomic E-state index is -4.49. The number of pyridine rings is 1. The molecule has 220 valence electrons. The number of piperazine rings is 1. The van der Waals surface area contributed by atoms with Crippen LogP contribution in [0, 0.1) is 11.7 Å². The smallest absolute Gasteiger partial charge is 0.342 e.